The van der Waals surface area contributed by atoms with Crippen LogP contribution in [0, 0.1) is 5.92 Å². The lowest BCUT2D eigenvalue weighted by atomic mass is 9.96. The smallest absolute Gasteiger partial charge is 0.326 e. The summed E-state index contributed by atoms with van der Waals surface area (Å²) in [4.78, 5) is 69.7. The lowest BCUT2D eigenvalue weighted by molar-refractivity contribution is -0.143. The van der Waals surface area contributed by atoms with Crippen LogP contribution in [0.25, 0.3) is 21.8 Å². The predicted molar refractivity (Wildman–Crippen MR) is 167 cm³/mol. The Kier molecular flexibility index (Phi) is 10.6. The molecule has 0 aliphatic rings. The molecule has 0 aliphatic heterocycles. The van der Waals surface area contributed by atoms with Crippen molar-refractivity contribution in [2.75, 3.05) is 0 Å². The fraction of sp³-hybridized carbons (Fsp3) is 0.344. The molecule has 238 valence electrons. The van der Waals surface area contributed by atoms with Crippen molar-refractivity contribution in [1.82, 2.24) is 25.9 Å². The van der Waals surface area contributed by atoms with Crippen molar-refractivity contribution in [3.8, 4) is 0 Å². The fourth-order valence-corrected chi connectivity index (χ4v) is 5.23. The second-order valence-corrected chi connectivity index (χ2v) is 11.2. The van der Waals surface area contributed by atoms with Crippen LogP contribution in [-0.2, 0) is 36.8 Å². The van der Waals surface area contributed by atoms with Gasteiger partial charge in [-0.25, -0.2) is 4.79 Å². The molecule has 2 heterocycles. The summed E-state index contributed by atoms with van der Waals surface area (Å²) >= 11 is 0. The van der Waals surface area contributed by atoms with Crippen LogP contribution in [0.3, 0.4) is 0 Å². The van der Waals surface area contributed by atoms with Gasteiger partial charge in [-0.05, 0) is 35.6 Å². The molecular weight excluding hydrogens is 580 g/mol. The number of H-pyrrole nitrogens is 2. The third-order valence-electron chi connectivity index (χ3n) is 7.97. The van der Waals surface area contributed by atoms with Gasteiger partial charge in [0.2, 0.25) is 17.7 Å². The van der Waals surface area contributed by atoms with Crippen LogP contribution in [0.1, 0.15) is 37.8 Å². The Balaban J connectivity index is 1.45. The number of hydrogen-bond acceptors (Lipinski definition) is 6. The van der Waals surface area contributed by atoms with Crippen molar-refractivity contribution in [1.29, 1.82) is 0 Å². The topological polar surface area (TPSA) is 219 Å². The minimum atomic E-state index is -1.54. The highest BCUT2D eigenvalue weighted by atomic mass is 16.4. The van der Waals surface area contributed by atoms with E-state index < -0.39 is 66.2 Å². The van der Waals surface area contributed by atoms with Gasteiger partial charge in [0, 0.05) is 40.6 Å². The molecule has 0 radical (unpaired) electrons. The van der Waals surface area contributed by atoms with Crippen LogP contribution in [0.15, 0.2) is 60.9 Å². The molecule has 4 aromatic rings. The van der Waals surface area contributed by atoms with Gasteiger partial charge in [0.1, 0.15) is 18.1 Å². The number of aromatic nitrogens is 2. The van der Waals surface area contributed by atoms with Crippen molar-refractivity contribution in [3.05, 3.63) is 72.1 Å². The van der Waals surface area contributed by atoms with Gasteiger partial charge >= 0.3 is 11.9 Å². The van der Waals surface area contributed by atoms with E-state index in [0.29, 0.717) is 12.0 Å². The summed E-state index contributed by atoms with van der Waals surface area (Å²) in [5.74, 6) is -5.47. The Morgan fingerprint density at radius 2 is 1.29 bits per heavy atom. The number of carboxylic acid groups (broad SMARTS) is 2. The van der Waals surface area contributed by atoms with Gasteiger partial charge in [-0.3, -0.25) is 19.2 Å². The van der Waals surface area contributed by atoms with Crippen LogP contribution >= 0.6 is 0 Å². The Morgan fingerprint density at radius 1 is 0.756 bits per heavy atom. The average molecular weight is 619 g/mol. The molecule has 45 heavy (non-hydrogen) atoms. The van der Waals surface area contributed by atoms with E-state index in [0.717, 1.165) is 27.4 Å². The van der Waals surface area contributed by atoms with Crippen LogP contribution in [0.4, 0.5) is 0 Å². The molecule has 0 saturated carbocycles. The quantitative estimate of drug-likeness (QED) is 0.0980. The molecule has 2 aromatic heterocycles. The highest BCUT2D eigenvalue weighted by Gasteiger charge is 2.34. The molecule has 3 amide bonds. The van der Waals surface area contributed by atoms with E-state index in [9.17, 15) is 34.2 Å². The van der Waals surface area contributed by atoms with Gasteiger partial charge in [-0.2, -0.15) is 0 Å². The molecule has 0 spiro atoms. The second kappa shape index (κ2) is 14.5. The molecule has 0 saturated heterocycles. The summed E-state index contributed by atoms with van der Waals surface area (Å²) in [6.45, 7) is 3.49. The summed E-state index contributed by atoms with van der Waals surface area (Å²) in [7, 11) is 0. The monoisotopic (exact) mass is 618 g/mol. The zero-order valence-electron chi connectivity index (χ0n) is 25.0. The largest absolute Gasteiger partial charge is 0.481 e. The molecule has 4 rings (SSSR count). The van der Waals surface area contributed by atoms with Crippen LogP contribution in [0.5, 0.6) is 0 Å². The molecular formula is C32H38N6O7. The number of nitrogens with two attached hydrogens (primary N) is 1. The van der Waals surface area contributed by atoms with Gasteiger partial charge in [0.05, 0.1) is 12.5 Å². The lowest BCUT2D eigenvalue weighted by Gasteiger charge is -2.27. The average Bonchev–Trinajstić information content (AvgIpc) is 3.62. The minimum Gasteiger partial charge on any atom is -0.481 e. The molecule has 0 aliphatic carbocycles. The van der Waals surface area contributed by atoms with E-state index in [1.54, 1.807) is 26.2 Å². The zero-order chi connectivity index (χ0) is 32.7. The number of carboxylic acids is 2. The van der Waals surface area contributed by atoms with Crippen molar-refractivity contribution in [3.63, 3.8) is 0 Å². The van der Waals surface area contributed by atoms with Crippen LogP contribution < -0.4 is 21.7 Å². The maximum Gasteiger partial charge on any atom is 0.326 e. The second-order valence-electron chi connectivity index (χ2n) is 11.2. The number of carbonyl (C=O) groups excluding carboxylic acids is 3. The predicted octanol–water partition coefficient (Wildman–Crippen LogP) is 1.82. The standard InChI is InChI=1S/C32H38N6O7/c1-3-17(2)28(31(43)37-26(32(44)45)13-19-16-35-24-11-7-5-9-21(19)24)38-30(42)25(14-27(39)40)36-29(41)22(33)12-18-15-34-23-10-6-4-8-20(18)23/h4-11,15-17,22,25-26,28,34-35H,3,12-14,33H2,1-2H3,(H,36,41)(H,37,43)(H,38,42)(H,39,40)(H,44,45). The van der Waals surface area contributed by atoms with Gasteiger partial charge in [0.25, 0.3) is 0 Å². The van der Waals surface area contributed by atoms with Crippen molar-refractivity contribution in [2.24, 2.45) is 11.7 Å². The van der Waals surface area contributed by atoms with Crippen LogP contribution in [-0.4, -0.2) is 74.0 Å². The van der Waals surface area contributed by atoms with Crippen molar-refractivity contribution < 1.29 is 34.2 Å². The van der Waals surface area contributed by atoms with Gasteiger partial charge in [-0.1, -0.05) is 56.7 Å². The number of para-hydroxylation sites is 2. The molecule has 2 aromatic carbocycles. The number of carbonyl (C=O) groups is 5. The first-order valence-corrected chi connectivity index (χ1v) is 14.7. The summed E-state index contributed by atoms with van der Waals surface area (Å²) < 4.78 is 0. The SMILES string of the molecule is CCC(C)C(NC(=O)C(CC(=O)O)NC(=O)C(N)Cc1c[nH]c2ccccc12)C(=O)NC(Cc1c[nH]c2ccccc12)C(=O)O. The summed E-state index contributed by atoms with van der Waals surface area (Å²) in [6.07, 6.45) is 3.20. The number of aliphatic carboxylic acids is 2. The first-order chi connectivity index (χ1) is 21.5. The van der Waals surface area contributed by atoms with Gasteiger partial charge in [0.15, 0.2) is 0 Å². The fourth-order valence-electron chi connectivity index (χ4n) is 5.23. The molecule has 0 bridgehead atoms. The Hall–Kier alpha value is -5.17. The number of fused-ring (bicyclic) bond motifs is 2. The van der Waals surface area contributed by atoms with Crippen molar-refractivity contribution >= 4 is 51.5 Å². The van der Waals surface area contributed by atoms with E-state index >= 15 is 0 Å². The Labute approximate surface area is 258 Å². The molecule has 9 N–H and O–H groups in total. The Bertz CT molecular complexity index is 1700. The third-order valence-corrected chi connectivity index (χ3v) is 7.97. The lowest BCUT2D eigenvalue weighted by Crippen LogP contribution is -2.59. The number of benzene rings is 2. The molecule has 13 heteroatoms. The van der Waals surface area contributed by atoms with E-state index in [-0.39, 0.29) is 12.8 Å². The number of aromatic amines is 2. The van der Waals surface area contributed by atoms with E-state index in [2.05, 4.69) is 25.9 Å². The number of rotatable bonds is 15. The highest BCUT2D eigenvalue weighted by Crippen LogP contribution is 2.20. The number of nitrogens with one attached hydrogen (secondary N) is 5. The van der Waals surface area contributed by atoms with E-state index in [1.165, 1.54) is 0 Å². The molecule has 0 fully saturated rings. The van der Waals surface area contributed by atoms with Gasteiger partial charge < -0.3 is 41.9 Å². The third kappa shape index (κ3) is 8.06. The number of hydrogen-bond donors (Lipinski definition) is 8. The maximum atomic E-state index is 13.4. The number of amides is 3. The summed E-state index contributed by atoms with van der Waals surface area (Å²) in [5.41, 5.74) is 9.30. The zero-order valence-corrected chi connectivity index (χ0v) is 25.0. The maximum absolute atomic E-state index is 13.4. The Morgan fingerprint density at radius 3 is 1.82 bits per heavy atom. The molecule has 13 nitrogen and oxygen atoms in total. The highest BCUT2D eigenvalue weighted by molar-refractivity contribution is 5.96. The first-order valence-electron chi connectivity index (χ1n) is 14.7. The van der Waals surface area contributed by atoms with Gasteiger partial charge in [-0.15, -0.1) is 0 Å². The normalized spacial score (nSPS) is 14.6. The minimum absolute atomic E-state index is 0.0156. The van der Waals surface area contributed by atoms with Crippen molar-refractivity contribution in [2.45, 2.75) is 63.7 Å². The summed E-state index contributed by atoms with van der Waals surface area (Å²) in [5, 5.41) is 28.6. The van der Waals surface area contributed by atoms with E-state index in [4.69, 9.17) is 5.73 Å². The first kappa shape index (κ1) is 32.7. The van der Waals surface area contributed by atoms with E-state index in [1.807, 2.05) is 48.5 Å². The molecule has 5 unspecified atom stereocenters. The van der Waals surface area contributed by atoms with Crippen LogP contribution in [0.2, 0.25) is 0 Å². The molecule has 5 atom stereocenters. The summed E-state index contributed by atoms with van der Waals surface area (Å²) in [6, 6.07) is 9.68.